The number of rotatable bonds is 6. The van der Waals surface area contributed by atoms with Crippen molar-refractivity contribution in [3.05, 3.63) is 41.2 Å². The molecule has 0 saturated heterocycles. The van der Waals surface area contributed by atoms with E-state index < -0.39 is 11.9 Å². The van der Waals surface area contributed by atoms with Gasteiger partial charge in [-0.15, -0.1) is 11.8 Å². The van der Waals surface area contributed by atoms with Crippen LogP contribution in [-0.4, -0.2) is 29.4 Å². The molecule has 24 heavy (non-hydrogen) atoms. The van der Waals surface area contributed by atoms with Crippen molar-refractivity contribution in [3.63, 3.8) is 0 Å². The Kier molecular flexibility index (Phi) is 5.20. The van der Waals surface area contributed by atoms with Crippen molar-refractivity contribution in [2.24, 2.45) is 0 Å². The molecule has 0 aliphatic heterocycles. The molecule has 1 aliphatic carbocycles. The van der Waals surface area contributed by atoms with Gasteiger partial charge in [-0.2, -0.15) is 0 Å². The van der Waals surface area contributed by atoms with E-state index in [9.17, 15) is 9.59 Å². The molecule has 0 saturated carbocycles. The minimum Gasteiger partial charge on any atom is -0.455 e. The topological polar surface area (TPSA) is 81.4 Å². The van der Waals surface area contributed by atoms with E-state index in [0.717, 1.165) is 17.7 Å². The highest BCUT2D eigenvalue weighted by molar-refractivity contribution is 8.00. The molecule has 7 heteroatoms. The molecule has 0 bridgehead atoms. The number of hydrogen-bond acceptors (Lipinski definition) is 6. The van der Waals surface area contributed by atoms with Crippen LogP contribution in [0.1, 0.15) is 23.3 Å². The third-order valence-electron chi connectivity index (χ3n) is 3.69. The Hall–Kier alpha value is -2.28. The number of hydrogen-bond donors (Lipinski definition) is 1. The third-order valence-corrected chi connectivity index (χ3v) is 4.65. The van der Waals surface area contributed by atoms with Crippen LogP contribution in [0.15, 0.2) is 33.7 Å². The maximum absolute atomic E-state index is 11.8. The van der Waals surface area contributed by atoms with Gasteiger partial charge in [-0.1, -0.05) is 11.2 Å². The number of benzene rings is 1. The lowest BCUT2D eigenvalue weighted by atomic mass is 10.1. The van der Waals surface area contributed by atoms with Crippen molar-refractivity contribution in [1.29, 1.82) is 0 Å². The van der Waals surface area contributed by atoms with Gasteiger partial charge in [0.05, 0.1) is 5.75 Å². The molecule has 0 unspecified atom stereocenters. The second-order valence-corrected chi connectivity index (χ2v) is 6.65. The van der Waals surface area contributed by atoms with Crippen molar-refractivity contribution in [1.82, 2.24) is 5.16 Å². The van der Waals surface area contributed by atoms with Gasteiger partial charge >= 0.3 is 5.97 Å². The average Bonchev–Trinajstić information content (AvgIpc) is 3.19. The molecule has 2 aromatic rings. The Labute approximate surface area is 143 Å². The fraction of sp³-hybridized carbons (Fsp3) is 0.353. The number of aromatic nitrogens is 1. The van der Waals surface area contributed by atoms with Crippen LogP contribution in [0.25, 0.3) is 0 Å². The normalized spacial score (nSPS) is 12.7. The largest absolute Gasteiger partial charge is 0.455 e. The Balaban J connectivity index is 1.40. The molecule has 0 fully saturated rings. The molecule has 1 amide bonds. The van der Waals surface area contributed by atoms with E-state index in [2.05, 4.69) is 22.6 Å². The first kappa shape index (κ1) is 16.6. The second kappa shape index (κ2) is 7.53. The first-order chi connectivity index (χ1) is 11.6. The van der Waals surface area contributed by atoms with Gasteiger partial charge in [0.15, 0.2) is 12.4 Å². The lowest BCUT2D eigenvalue weighted by Crippen LogP contribution is -2.21. The Morgan fingerprint density at radius 3 is 2.92 bits per heavy atom. The summed E-state index contributed by atoms with van der Waals surface area (Å²) in [6.45, 7) is 1.38. The maximum Gasteiger partial charge on any atom is 0.316 e. The van der Waals surface area contributed by atoms with Gasteiger partial charge < -0.3 is 14.6 Å². The monoisotopic (exact) mass is 346 g/mol. The zero-order valence-electron chi connectivity index (χ0n) is 13.3. The third kappa shape index (κ3) is 4.38. The standard InChI is InChI=1S/C17H18N2O4S/c1-11-7-15(19-23-11)18-16(20)9-22-17(21)10-24-14-6-5-12-3-2-4-13(12)8-14/h5-8H,2-4,9-10H2,1H3,(H,18,19,20). The Bertz CT molecular complexity index is 757. The number of nitrogens with zero attached hydrogens (tertiary/aromatic N) is 1. The lowest BCUT2D eigenvalue weighted by Gasteiger charge is -2.06. The lowest BCUT2D eigenvalue weighted by molar-refractivity contribution is -0.144. The minimum atomic E-state index is -0.445. The highest BCUT2D eigenvalue weighted by atomic mass is 32.2. The predicted molar refractivity (Wildman–Crippen MR) is 90.0 cm³/mol. The van der Waals surface area contributed by atoms with Crippen LogP contribution in [0, 0.1) is 6.92 Å². The summed E-state index contributed by atoms with van der Waals surface area (Å²) in [6.07, 6.45) is 3.45. The number of amides is 1. The number of esters is 1. The fourth-order valence-corrected chi connectivity index (χ4v) is 3.33. The first-order valence-electron chi connectivity index (χ1n) is 7.73. The molecule has 126 valence electrons. The van der Waals surface area contributed by atoms with Gasteiger partial charge in [0.25, 0.3) is 5.91 Å². The molecule has 1 N–H and O–H groups in total. The summed E-state index contributed by atoms with van der Waals surface area (Å²) in [7, 11) is 0. The van der Waals surface area contributed by atoms with Crippen LogP contribution in [0.4, 0.5) is 5.82 Å². The molecule has 3 rings (SSSR count). The van der Waals surface area contributed by atoms with Gasteiger partial charge in [0.1, 0.15) is 5.76 Å². The van der Waals surface area contributed by atoms with E-state index in [1.54, 1.807) is 13.0 Å². The van der Waals surface area contributed by atoms with Gasteiger partial charge in [0.2, 0.25) is 0 Å². The van der Waals surface area contributed by atoms with E-state index in [1.165, 1.54) is 29.3 Å². The van der Waals surface area contributed by atoms with Gasteiger partial charge in [-0.25, -0.2) is 0 Å². The number of ether oxygens (including phenoxy) is 1. The highest BCUT2D eigenvalue weighted by Gasteiger charge is 2.13. The van der Waals surface area contributed by atoms with E-state index >= 15 is 0 Å². The summed E-state index contributed by atoms with van der Waals surface area (Å²) < 4.78 is 9.80. The second-order valence-electron chi connectivity index (χ2n) is 5.60. The van der Waals surface area contributed by atoms with Crippen LogP contribution in [0.3, 0.4) is 0 Å². The van der Waals surface area contributed by atoms with Crippen molar-refractivity contribution in [2.45, 2.75) is 31.1 Å². The van der Waals surface area contributed by atoms with Crippen LogP contribution in [-0.2, 0) is 27.2 Å². The summed E-state index contributed by atoms with van der Waals surface area (Å²) in [5, 5.41) is 6.13. The van der Waals surface area contributed by atoms with E-state index in [0.29, 0.717) is 11.6 Å². The van der Waals surface area contributed by atoms with Gasteiger partial charge in [-0.3, -0.25) is 9.59 Å². The number of fused-ring (bicyclic) bond motifs is 1. The number of nitrogens with one attached hydrogen (secondary N) is 1. The summed E-state index contributed by atoms with van der Waals surface area (Å²) in [6, 6.07) is 7.88. The number of carbonyl (C=O) groups is 2. The molecule has 1 aliphatic rings. The molecule has 6 nitrogen and oxygen atoms in total. The molecule has 1 aromatic heterocycles. The highest BCUT2D eigenvalue weighted by Crippen LogP contribution is 2.27. The van der Waals surface area contributed by atoms with Crippen molar-refractivity contribution in [3.8, 4) is 0 Å². The van der Waals surface area contributed by atoms with Crippen LogP contribution in [0.2, 0.25) is 0 Å². The predicted octanol–water partition coefficient (Wildman–Crippen LogP) is 2.75. The number of anilines is 1. The molecular formula is C17H18N2O4S. The molecule has 0 atom stereocenters. The van der Waals surface area contributed by atoms with Gasteiger partial charge in [0, 0.05) is 11.0 Å². The van der Waals surface area contributed by atoms with E-state index in [4.69, 9.17) is 9.26 Å². The molecular weight excluding hydrogens is 328 g/mol. The van der Waals surface area contributed by atoms with Crippen molar-refractivity contribution >= 4 is 29.5 Å². The molecule has 1 heterocycles. The fourth-order valence-electron chi connectivity index (χ4n) is 2.57. The molecule has 1 aromatic carbocycles. The smallest absolute Gasteiger partial charge is 0.316 e. The van der Waals surface area contributed by atoms with Crippen molar-refractivity contribution in [2.75, 3.05) is 17.7 Å². The maximum atomic E-state index is 11.8. The quantitative estimate of drug-likeness (QED) is 0.640. The van der Waals surface area contributed by atoms with E-state index in [-0.39, 0.29) is 12.4 Å². The zero-order valence-corrected chi connectivity index (χ0v) is 14.1. The van der Waals surface area contributed by atoms with Gasteiger partial charge in [-0.05, 0) is 49.4 Å². The van der Waals surface area contributed by atoms with Crippen LogP contribution in [0.5, 0.6) is 0 Å². The van der Waals surface area contributed by atoms with E-state index in [1.807, 2.05) is 6.07 Å². The molecule has 0 radical (unpaired) electrons. The number of carbonyl (C=O) groups excluding carboxylic acids is 2. The molecule has 0 spiro atoms. The SMILES string of the molecule is Cc1cc(NC(=O)COC(=O)CSc2ccc3c(c2)CCC3)no1. The average molecular weight is 346 g/mol. The summed E-state index contributed by atoms with van der Waals surface area (Å²) in [5.74, 6) is 0.204. The zero-order chi connectivity index (χ0) is 16.9. The minimum absolute atomic E-state index is 0.176. The Morgan fingerprint density at radius 1 is 1.29 bits per heavy atom. The summed E-state index contributed by atoms with van der Waals surface area (Å²) in [5.41, 5.74) is 2.78. The van der Waals surface area contributed by atoms with Crippen LogP contribution >= 0.6 is 11.8 Å². The van der Waals surface area contributed by atoms with Crippen molar-refractivity contribution < 1.29 is 18.8 Å². The Morgan fingerprint density at radius 2 is 2.12 bits per heavy atom. The number of thioether (sulfide) groups is 1. The first-order valence-corrected chi connectivity index (χ1v) is 8.72. The number of aryl methyl sites for hydroxylation is 3. The summed E-state index contributed by atoms with van der Waals surface area (Å²) in [4.78, 5) is 24.5. The summed E-state index contributed by atoms with van der Waals surface area (Å²) >= 11 is 1.42. The van der Waals surface area contributed by atoms with Crippen LogP contribution < -0.4 is 5.32 Å².